The van der Waals surface area contributed by atoms with Crippen LogP contribution in [0, 0.1) is 0 Å². The van der Waals surface area contributed by atoms with Crippen LogP contribution in [0.4, 0.5) is 4.79 Å². The van der Waals surface area contributed by atoms with E-state index in [0.29, 0.717) is 6.61 Å². The third-order valence-corrected chi connectivity index (χ3v) is 1.63. The summed E-state index contributed by atoms with van der Waals surface area (Å²) in [7, 11) is 0. The van der Waals surface area contributed by atoms with Gasteiger partial charge in [0.2, 0.25) is 0 Å². The SMILES string of the molecule is C=COC(=O)OC[C@@H]1COC(C)(C)O1. The molecular formula is C9H14O5. The largest absolute Gasteiger partial charge is 0.513 e. The lowest BCUT2D eigenvalue weighted by Gasteiger charge is -2.16. The zero-order valence-corrected chi connectivity index (χ0v) is 8.32. The molecule has 14 heavy (non-hydrogen) atoms. The van der Waals surface area contributed by atoms with E-state index in [1.54, 1.807) is 13.8 Å². The molecule has 1 rings (SSSR count). The predicted octanol–water partition coefficient (Wildman–Crippen LogP) is 1.43. The fourth-order valence-electron chi connectivity index (χ4n) is 1.11. The van der Waals surface area contributed by atoms with Crippen LogP contribution in [0.15, 0.2) is 12.8 Å². The zero-order chi connectivity index (χ0) is 10.6. The smallest absolute Gasteiger partial charge is 0.431 e. The fourth-order valence-corrected chi connectivity index (χ4v) is 1.11. The summed E-state index contributed by atoms with van der Waals surface area (Å²) in [5.41, 5.74) is 0. The number of carbonyl (C=O) groups excluding carboxylic acids is 1. The molecule has 0 aliphatic carbocycles. The minimum atomic E-state index is -0.784. The average Bonchev–Trinajstić information content (AvgIpc) is 2.43. The molecule has 1 aliphatic heterocycles. The van der Waals surface area contributed by atoms with E-state index in [0.717, 1.165) is 6.26 Å². The molecule has 0 radical (unpaired) electrons. The summed E-state index contributed by atoms with van der Waals surface area (Å²) in [6.07, 6.45) is -0.00572. The minimum Gasteiger partial charge on any atom is -0.431 e. The standard InChI is InChI=1S/C9H14O5/c1-4-11-8(10)12-5-7-6-13-9(2,3)14-7/h4,7H,1,5-6H2,2-3H3/t7-/m1/s1. The molecule has 1 heterocycles. The van der Waals surface area contributed by atoms with Gasteiger partial charge in [0.25, 0.3) is 0 Å². The summed E-state index contributed by atoms with van der Waals surface area (Å²) in [6.45, 7) is 7.36. The maximum atomic E-state index is 10.7. The molecular weight excluding hydrogens is 188 g/mol. The van der Waals surface area contributed by atoms with Crippen LogP contribution in [0.2, 0.25) is 0 Å². The molecule has 0 aromatic carbocycles. The Morgan fingerprint density at radius 3 is 2.93 bits per heavy atom. The van der Waals surface area contributed by atoms with Crippen LogP contribution in [0.25, 0.3) is 0 Å². The second-order valence-corrected chi connectivity index (χ2v) is 3.30. The van der Waals surface area contributed by atoms with E-state index in [1.165, 1.54) is 0 Å². The average molecular weight is 202 g/mol. The van der Waals surface area contributed by atoms with Gasteiger partial charge < -0.3 is 18.9 Å². The number of carbonyl (C=O) groups is 1. The Morgan fingerprint density at radius 2 is 2.43 bits per heavy atom. The van der Waals surface area contributed by atoms with Gasteiger partial charge in [-0.25, -0.2) is 4.79 Å². The number of hydrogen-bond donors (Lipinski definition) is 0. The molecule has 1 fully saturated rings. The Morgan fingerprint density at radius 1 is 1.71 bits per heavy atom. The van der Waals surface area contributed by atoms with Crippen LogP contribution in [-0.4, -0.2) is 31.3 Å². The van der Waals surface area contributed by atoms with Crippen molar-refractivity contribution in [2.24, 2.45) is 0 Å². The van der Waals surface area contributed by atoms with E-state index >= 15 is 0 Å². The Hall–Kier alpha value is -1.07. The van der Waals surface area contributed by atoms with Crippen molar-refractivity contribution in [3.63, 3.8) is 0 Å². The van der Waals surface area contributed by atoms with Gasteiger partial charge in [-0.1, -0.05) is 6.58 Å². The van der Waals surface area contributed by atoms with Crippen molar-refractivity contribution in [1.82, 2.24) is 0 Å². The third kappa shape index (κ3) is 3.35. The van der Waals surface area contributed by atoms with Gasteiger partial charge in [-0.2, -0.15) is 0 Å². The molecule has 0 aromatic heterocycles. The van der Waals surface area contributed by atoms with Crippen molar-refractivity contribution in [3.05, 3.63) is 12.8 Å². The molecule has 0 aromatic rings. The molecule has 1 atom stereocenters. The van der Waals surface area contributed by atoms with Gasteiger partial charge in [-0.15, -0.1) is 0 Å². The first-order chi connectivity index (χ1) is 6.53. The maximum absolute atomic E-state index is 10.7. The van der Waals surface area contributed by atoms with Gasteiger partial charge >= 0.3 is 6.16 Å². The lowest BCUT2D eigenvalue weighted by molar-refractivity contribution is -0.143. The van der Waals surface area contributed by atoms with E-state index in [9.17, 15) is 4.79 Å². The van der Waals surface area contributed by atoms with Crippen molar-refractivity contribution in [1.29, 1.82) is 0 Å². The molecule has 0 amide bonds. The van der Waals surface area contributed by atoms with E-state index in [2.05, 4.69) is 11.3 Å². The summed E-state index contributed by atoms with van der Waals surface area (Å²) >= 11 is 0. The first-order valence-corrected chi connectivity index (χ1v) is 4.29. The third-order valence-electron chi connectivity index (χ3n) is 1.63. The molecule has 0 spiro atoms. The molecule has 0 saturated carbocycles. The molecule has 0 unspecified atom stereocenters. The zero-order valence-electron chi connectivity index (χ0n) is 8.32. The van der Waals surface area contributed by atoms with Crippen LogP contribution in [0.5, 0.6) is 0 Å². The molecule has 5 nitrogen and oxygen atoms in total. The highest BCUT2D eigenvalue weighted by Gasteiger charge is 2.33. The molecule has 80 valence electrons. The van der Waals surface area contributed by atoms with E-state index in [4.69, 9.17) is 14.2 Å². The second-order valence-electron chi connectivity index (χ2n) is 3.30. The van der Waals surface area contributed by atoms with Gasteiger partial charge in [0.05, 0.1) is 12.9 Å². The Labute approximate surface area is 82.6 Å². The summed E-state index contributed by atoms with van der Waals surface area (Å²) in [6, 6.07) is 0. The van der Waals surface area contributed by atoms with Crippen LogP contribution in [-0.2, 0) is 18.9 Å². The van der Waals surface area contributed by atoms with Crippen LogP contribution < -0.4 is 0 Å². The maximum Gasteiger partial charge on any atom is 0.513 e. The first-order valence-electron chi connectivity index (χ1n) is 4.29. The molecule has 5 heteroatoms. The molecule has 1 saturated heterocycles. The molecule has 1 aliphatic rings. The Bertz CT molecular complexity index is 223. The summed E-state index contributed by atoms with van der Waals surface area (Å²) in [5.74, 6) is -0.601. The van der Waals surface area contributed by atoms with Crippen molar-refractivity contribution in [2.75, 3.05) is 13.2 Å². The van der Waals surface area contributed by atoms with E-state index in [-0.39, 0.29) is 12.7 Å². The lowest BCUT2D eigenvalue weighted by atomic mass is 10.4. The van der Waals surface area contributed by atoms with E-state index in [1.807, 2.05) is 0 Å². The molecule has 0 N–H and O–H groups in total. The Kier molecular flexibility index (Phi) is 3.49. The predicted molar refractivity (Wildman–Crippen MR) is 47.5 cm³/mol. The van der Waals surface area contributed by atoms with Gasteiger partial charge in [-0.05, 0) is 13.8 Å². The van der Waals surface area contributed by atoms with Gasteiger partial charge in [0.15, 0.2) is 5.79 Å². The van der Waals surface area contributed by atoms with Crippen molar-refractivity contribution in [3.8, 4) is 0 Å². The van der Waals surface area contributed by atoms with Gasteiger partial charge in [0.1, 0.15) is 12.7 Å². The first kappa shape index (κ1) is 11.0. The van der Waals surface area contributed by atoms with Gasteiger partial charge in [0, 0.05) is 0 Å². The summed E-state index contributed by atoms with van der Waals surface area (Å²) < 4.78 is 19.7. The quantitative estimate of drug-likeness (QED) is 0.512. The number of rotatable bonds is 3. The second kappa shape index (κ2) is 4.43. The van der Waals surface area contributed by atoms with Crippen LogP contribution >= 0.6 is 0 Å². The summed E-state index contributed by atoms with van der Waals surface area (Å²) in [4.78, 5) is 10.7. The highest BCUT2D eigenvalue weighted by molar-refractivity contribution is 5.60. The van der Waals surface area contributed by atoms with Crippen molar-refractivity contribution in [2.45, 2.75) is 25.7 Å². The number of hydrogen-bond acceptors (Lipinski definition) is 5. The minimum absolute atomic E-state index is 0.121. The highest BCUT2D eigenvalue weighted by atomic mass is 16.8. The topological polar surface area (TPSA) is 54.0 Å². The van der Waals surface area contributed by atoms with Crippen molar-refractivity contribution >= 4 is 6.16 Å². The van der Waals surface area contributed by atoms with Crippen LogP contribution in [0.3, 0.4) is 0 Å². The van der Waals surface area contributed by atoms with Gasteiger partial charge in [-0.3, -0.25) is 0 Å². The van der Waals surface area contributed by atoms with Crippen LogP contribution in [0.1, 0.15) is 13.8 Å². The monoisotopic (exact) mass is 202 g/mol. The molecule has 0 bridgehead atoms. The highest BCUT2D eigenvalue weighted by Crippen LogP contribution is 2.22. The Balaban J connectivity index is 2.20. The van der Waals surface area contributed by atoms with E-state index < -0.39 is 11.9 Å². The van der Waals surface area contributed by atoms with Crippen molar-refractivity contribution < 1.29 is 23.7 Å². The lowest BCUT2D eigenvalue weighted by Crippen LogP contribution is -2.25. The summed E-state index contributed by atoms with van der Waals surface area (Å²) in [5, 5.41) is 0. The fraction of sp³-hybridized carbons (Fsp3) is 0.667. The number of ether oxygens (including phenoxy) is 4. The normalized spacial score (nSPS) is 24.3.